The van der Waals surface area contributed by atoms with Gasteiger partial charge >= 0.3 is 6.18 Å². The molecular formula is C9H13F3N2OS. The molecule has 0 atom stereocenters. The van der Waals surface area contributed by atoms with Gasteiger partial charge in [0.1, 0.15) is 0 Å². The van der Waals surface area contributed by atoms with Crippen LogP contribution in [0.15, 0.2) is 0 Å². The molecule has 16 heavy (non-hydrogen) atoms. The first kappa shape index (κ1) is 13.2. The van der Waals surface area contributed by atoms with E-state index >= 15 is 0 Å². The molecule has 3 nitrogen and oxygen atoms in total. The zero-order valence-electron chi connectivity index (χ0n) is 8.56. The molecular weight excluding hydrogens is 241 g/mol. The van der Waals surface area contributed by atoms with E-state index in [1.54, 1.807) is 0 Å². The molecule has 1 saturated carbocycles. The predicted octanol–water partition coefficient (Wildman–Crippen LogP) is 1.51. The maximum absolute atomic E-state index is 11.9. The quantitative estimate of drug-likeness (QED) is 0.748. The summed E-state index contributed by atoms with van der Waals surface area (Å²) in [6, 6.07) is 0. The lowest BCUT2D eigenvalue weighted by atomic mass is 9.68. The van der Waals surface area contributed by atoms with Gasteiger partial charge in [-0.05, 0) is 12.8 Å². The Morgan fingerprint density at radius 1 is 1.44 bits per heavy atom. The van der Waals surface area contributed by atoms with Crippen LogP contribution in [-0.4, -0.2) is 23.6 Å². The van der Waals surface area contributed by atoms with Crippen molar-refractivity contribution >= 4 is 23.1 Å². The van der Waals surface area contributed by atoms with Gasteiger partial charge in [0, 0.05) is 6.54 Å². The van der Waals surface area contributed by atoms with Gasteiger partial charge in [-0.25, -0.2) is 0 Å². The summed E-state index contributed by atoms with van der Waals surface area (Å²) in [6.45, 7) is -0.424. The van der Waals surface area contributed by atoms with Crippen LogP contribution in [0.3, 0.4) is 0 Å². The average Bonchev–Trinajstić information content (AvgIpc) is 1.97. The number of rotatable bonds is 4. The Hall–Kier alpha value is -0.850. The van der Waals surface area contributed by atoms with Crippen LogP contribution in [-0.2, 0) is 4.79 Å². The summed E-state index contributed by atoms with van der Waals surface area (Å²) in [4.78, 5) is 11.7. The molecule has 0 radical (unpaired) electrons. The van der Waals surface area contributed by atoms with E-state index < -0.39 is 30.5 Å². The zero-order valence-corrected chi connectivity index (χ0v) is 9.38. The Morgan fingerprint density at radius 3 is 2.31 bits per heavy atom. The Labute approximate surface area is 96.6 Å². The molecule has 1 fully saturated rings. The van der Waals surface area contributed by atoms with Crippen LogP contribution in [0.2, 0.25) is 0 Å². The fourth-order valence-corrected chi connectivity index (χ4v) is 1.90. The van der Waals surface area contributed by atoms with E-state index in [1.165, 1.54) is 0 Å². The molecule has 1 rings (SSSR count). The second-order valence-electron chi connectivity index (χ2n) is 3.92. The van der Waals surface area contributed by atoms with Crippen LogP contribution in [0.4, 0.5) is 13.2 Å². The lowest BCUT2D eigenvalue weighted by Crippen LogP contribution is -2.53. The van der Waals surface area contributed by atoms with E-state index in [0.717, 1.165) is 6.42 Å². The van der Waals surface area contributed by atoms with Crippen molar-refractivity contribution in [3.63, 3.8) is 0 Å². The van der Waals surface area contributed by atoms with E-state index in [0.29, 0.717) is 12.8 Å². The van der Waals surface area contributed by atoms with Gasteiger partial charge in [-0.15, -0.1) is 0 Å². The fourth-order valence-electron chi connectivity index (χ4n) is 1.60. The fraction of sp³-hybridized carbons (Fsp3) is 0.778. The molecule has 0 aliphatic heterocycles. The van der Waals surface area contributed by atoms with Crippen molar-refractivity contribution in [2.45, 2.75) is 31.9 Å². The van der Waals surface area contributed by atoms with Crippen molar-refractivity contribution in [1.82, 2.24) is 5.32 Å². The first-order valence-electron chi connectivity index (χ1n) is 4.93. The molecule has 0 saturated heterocycles. The molecule has 1 aliphatic carbocycles. The number of carbonyl (C=O) groups excluding carboxylic acids is 1. The molecule has 92 valence electrons. The zero-order chi connectivity index (χ0) is 12.4. The molecule has 0 aromatic rings. The highest BCUT2D eigenvalue weighted by Gasteiger charge is 2.46. The Balaban J connectivity index is 2.43. The number of nitrogens with two attached hydrogens (primary N) is 1. The van der Waals surface area contributed by atoms with E-state index in [9.17, 15) is 18.0 Å². The average molecular weight is 254 g/mol. The van der Waals surface area contributed by atoms with Crippen LogP contribution in [0.25, 0.3) is 0 Å². The summed E-state index contributed by atoms with van der Waals surface area (Å²) in [5.41, 5.74) is 4.54. The normalized spacial score (nSPS) is 18.7. The molecule has 1 aliphatic rings. The standard InChI is InChI=1S/C9H13F3N2OS/c10-9(11,12)4-5-14-7(15)8(6(13)16)2-1-3-8/h1-5H2,(H2,13,16)(H,14,15). The van der Waals surface area contributed by atoms with Crippen LogP contribution in [0.5, 0.6) is 0 Å². The summed E-state index contributed by atoms with van der Waals surface area (Å²) < 4.78 is 35.6. The minimum absolute atomic E-state index is 0.0725. The molecule has 7 heteroatoms. The molecule has 0 heterocycles. The molecule has 0 aromatic heterocycles. The van der Waals surface area contributed by atoms with E-state index in [2.05, 4.69) is 5.32 Å². The molecule has 1 amide bonds. The van der Waals surface area contributed by atoms with Gasteiger partial charge < -0.3 is 11.1 Å². The van der Waals surface area contributed by atoms with Crippen molar-refractivity contribution in [2.24, 2.45) is 11.1 Å². The van der Waals surface area contributed by atoms with Gasteiger partial charge in [0.05, 0.1) is 16.8 Å². The molecule has 0 aromatic carbocycles. The van der Waals surface area contributed by atoms with Crippen molar-refractivity contribution in [1.29, 1.82) is 0 Å². The Bertz CT molecular complexity index is 300. The Morgan fingerprint density at radius 2 is 2.00 bits per heavy atom. The highest BCUT2D eigenvalue weighted by molar-refractivity contribution is 7.80. The number of hydrogen-bond acceptors (Lipinski definition) is 2. The van der Waals surface area contributed by atoms with Crippen molar-refractivity contribution in [3.05, 3.63) is 0 Å². The van der Waals surface area contributed by atoms with Crippen LogP contribution >= 0.6 is 12.2 Å². The third kappa shape index (κ3) is 2.84. The number of amides is 1. The Kier molecular flexibility index (Phi) is 3.77. The van der Waals surface area contributed by atoms with E-state index in [-0.39, 0.29) is 4.99 Å². The van der Waals surface area contributed by atoms with Crippen LogP contribution < -0.4 is 11.1 Å². The third-order valence-electron chi connectivity index (χ3n) is 2.81. The second-order valence-corrected chi connectivity index (χ2v) is 4.36. The molecule has 0 spiro atoms. The number of nitrogens with one attached hydrogen (secondary N) is 1. The van der Waals surface area contributed by atoms with Crippen molar-refractivity contribution in [3.8, 4) is 0 Å². The minimum Gasteiger partial charge on any atom is -0.392 e. The lowest BCUT2D eigenvalue weighted by Gasteiger charge is -2.39. The number of hydrogen-bond donors (Lipinski definition) is 2. The second kappa shape index (κ2) is 4.57. The van der Waals surface area contributed by atoms with Gasteiger partial charge in [0.15, 0.2) is 0 Å². The number of alkyl halides is 3. The predicted molar refractivity (Wildman–Crippen MR) is 56.8 cm³/mol. The van der Waals surface area contributed by atoms with E-state index in [1.807, 2.05) is 0 Å². The minimum atomic E-state index is -4.26. The number of thiocarbonyl (C=S) groups is 1. The molecule has 3 N–H and O–H groups in total. The maximum atomic E-state index is 11.9. The van der Waals surface area contributed by atoms with Gasteiger partial charge in [-0.1, -0.05) is 18.6 Å². The van der Waals surface area contributed by atoms with Crippen molar-refractivity contribution in [2.75, 3.05) is 6.54 Å². The summed E-state index contributed by atoms with van der Waals surface area (Å²) in [5, 5.41) is 2.24. The lowest BCUT2D eigenvalue weighted by molar-refractivity contribution is -0.138. The largest absolute Gasteiger partial charge is 0.392 e. The SMILES string of the molecule is NC(=S)C1(C(=O)NCCC(F)(F)F)CCC1. The van der Waals surface area contributed by atoms with Gasteiger partial charge in [-0.2, -0.15) is 13.2 Å². The number of carbonyl (C=O) groups is 1. The maximum Gasteiger partial charge on any atom is 0.390 e. The molecule has 0 unspecified atom stereocenters. The highest BCUT2D eigenvalue weighted by Crippen LogP contribution is 2.41. The van der Waals surface area contributed by atoms with Gasteiger partial charge in [0.25, 0.3) is 0 Å². The smallest absolute Gasteiger partial charge is 0.390 e. The van der Waals surface area contributed by atoms with Crippen LogP contribution in [0.1, 0.15) is 25.7 Å². The molecule has 0 bridgehead atoms. The van der Waals surface area contributed by atoms with Gasteiger partial charge in [0.2, 0.25) is 5.91 Å². The summed E-state index contributed by atoms with van der Waals surface area (Å²) in [5.74, 6) is -0.476. The van der Waals surface area contributed by atoms with Crippen LogP contribution in [0, 0.1) is 5.41 Å². The third-order valence-corrected chi connectivity index (χ3v) is 3.20. The summed E-state index contributed by atoms with van der Waals surface area (Å²) in [6.07, 6.45) is -3.42. The van der Waals surface area contributed by atoms with Crippen molar-refractivity contribution < 1.29 is 18.0 Å². The summed E-state index contributed by atoms with van der Waals surface area (Å²) in [7, 11) is 0. The highest BCUT2D eigenvalue weighted by atomic mass is 32.1. The van der Waals surface area contributed by atoms with E-state index in [4.69, 9.17) is 18.0 Å². The first-order chi connectivity index (χ1) is 7.28. The van der Waals surface area contributed by atoms with Gasteiger partial charge in [-0.3, -0.25) is 4.79 Å². The number of halogens is 3. The first-order valence-corrected chi connectivity index (χ1v) is 5.34. The summed E-state index contributed by atoms with van der Waals surface area (Å²) >= 11 is 4.78. The monoisotopic (exact) mass is 254 g/mol. The topological polar surface area (TPSA) is 55.1 Å².